The number of carbonyl (C=O) groups excluding carboxylic acids is 1. The van der Waals surface area contributed by atoms with Crippen LogP contribution in [0.5, 0.6) is 0 Å². The van der Waals surface area contributed by atoms with Gasteiger partial charge in [0.05, 0.1) is 18.8 Å². The van der Waals surface area contributed by atoms with Crippen molar-refractivity contribution in [2.45, 2.75) is 13.2 Å². The SMILES string of the molecule is CCOC(=O)c1sc2ccccc2c1N1CCN(C)C(F)C1. The highest BCUT2D eigenvalue weighted by Crippen LogP contribution is 2.39. The van der Waals surface area contributed by atoms with Gasteiger partial charge in [0.15, 0.2) is 6.30 Å². The van der Waals surface area contributed by atoms with Gasteiger partial charge in [0.1, 0.15) is 4.88 Å². The number of carbonyl (C=O) groups is 1. The molecule has 2 heterocycles. The second-order valence-corrected chi connectivity index (χ2v) is 6.41. The van der Waals surface area contributed by atoms with Crippen molar-refractivity contribution in [1.82, 2.24) is 4.90 Å². The Hall–Kier alpha value is -1.66. The largest absolute Gasteiger partial charge is 0.462 e. The second-order valence-electron chi connectivity index (χ2n) is 5.36. The van der Waals surface area contributed by atoms with E-state index in [4.69, 9.17) is 4.74 Å². The molecular weight excluding hydrogens is 303 g/mol. The summed E-state index contributed by atoms with van der Waals surface area (Å²) < 4.78 is 20.3. The highest BCUT2D eigenvalue weighted by Gasteiger charge is 2.29. The van der Waals surface area contributed by atoms with Crippen molar-refractivity contribution in [2.75, 3.05) is 38.2 Å². The van der Waals surface area contributed by atoms with E-state index in [9.17, 15) is 9.18 Å². The van der Waals surface area contributed by atoms with Crippen molar-refractivity contribution < 1.29 is 13.9 Å². The minimum atomic E-state index is -1.03. The Kier molecular flexibility index (Phi) is 4.31. The van der Waals surface area contributed by atoms with Crippen molar-refractivity contribution in [3.05, 3.63) is 29.1 Å². The van der Waals surface area contributed by atoms with E-state index < -0.39 is 6.30 Å². The molecule has 2 aromatic rings. The van der Waals surface area contributed by atoms with Crippen LogP contribution in [-0.2, 0) is 4.74 Å². The highest BCUT2D eigenvalue weighted by molar-refractivity contribution is 7.21. The Morgan fingerprint density at radius 3 is 2.91 bits per heavy atom. The Morgan fingerprint density at radius 2 is 2.18 bits per heavy atom. The van der Waals surface area contributed by atoms with Crippen molar-refractivity contribution in [2.24, 2.45) is 0 Å². The zero-order valence-corrected chi connectivity index (χ0v) is 13.5. The van der Waals surface area contributed by atoms with Crippen LogP contribution in [0.2, 0.25) is 0 Å². The fraction of sp³-hybridized carbons (Fsp3) is 0.438. The summed E-state index contributed by atoms with van der Waals surface area (Å²) in [4.78, 5) is 16.5. The van der Waals surface area contributed by atoms with Gasteiger partial charge in [-0.15, -0.1) is 11.3 Å². The molecule has 0 amide bonds. The van der Waals surface area contributed by atoms with Gasteiger partial charge in [-0.2, -0.15) is 0 Å². The first-order chi connectivity index (χ1) is 10.6. The van der Waals surface area contributed by atoms with Crippen LogP contribution in [-0.4, -0.2) is 50.5 Å². The number of benzene rings is 1. The van der Waals surface area contributed by atoms with Crippen molar-refractivity contribution in [3.8, 4) is 0 Å². The topological polar surface area (TPSA) is 32.8 Å². The van der Waals surface area contributed by atoms with Crippen LogP contribution in [0.1, 0.15) is 16.6 Å². The summed E-state index contributed by atoms with van der Waals surface area (Å²) in [7, 11) is 1.78. The van der Waals surface area contributed by atoms with Crippen LogP contribution >= 0.6 is 11.3 Å². The molecule has 1 aromatic carbocycles. The third-order valence-corrected chi connectivity index (χ3v) is 5.06. The molecule has 0 saturated carbocycles. The lowest BCUT2D eigenvalue weighted by Crippen LogP contribution is -2.49. The molecule has 1 unspecified atom stereocenters. The zero-order valence-electron chi connectivity index (χ0n) is 12.7. The van der Waals surface area contributed by atoms with Gasteiger partial charge in [-0.3, -0.25) is 4.90 Å². The van der Waals surface area contributed by atoms with Gasteiger partial charge in [-0.1, -0.05) is 18.2 Å². The third-order valence-electron chi connectivity index (χ3n) is 3.92. The second kappa shape index (κ2) is 6.22. The van der Waals surface area contributed by atoms with Gasteiger partial charge in [0.25, 0.3) is 0 Å². The number of fused-ring (bicyclic) bond motifs is 1. The van der Waals surface area contributed by atoms with Gasteiger partial charge >= 0.3 is 5.97 Å². The number of likely N-dealkylation sites (N-methyl/N-ethyl adjacent to an activating group) is 1. The third kappa shape index (κ3) is 2.68. The van der Waals surface area contributed by atoms with E-state index in [0.717, 1.165) is 15.8 Å². The molecule has 0 aliphatic carbocycles. The molecule has 22 heavy (non-hydrogen) atoms. The Bertz CT molecular complexity index is 688. The number of hydrogen-bond acceptors (Lipinski definition) is 5. The maximum absolute atomic E-state index is 14.1. The molecule has 0 bridgehead atoms. The van der Waals surface area contributed by atoms with E-state index in [1.807, 2.05) is 29.2 Å². The van der Waals surface area contributed by atoms with Crippen LogP contribution in [0, 0.1) is 0 Å². The van der Waals surface area contributed by atoms with Crippen LogP contribution in [0.3, 0.4) is 0 Å². The summed E-state index contributed by atoms with van der Waals surface area (Å²) in [5.74, 6) is -0.326. The van der Waals surface area contributed by atoms with E-state index in [-0.39, 0.29) is 12.5 Å². The number of anilines is 1. The fourth-order valence-corrected chi connectivity index (χ4v) is 3.83. The standard InChI is InChI=1S/C16H19FN2O2S/c1-3-21-16(20)15-14(11-6-4-5-7-12(11)22-15)19-9-8-18(2)13(17)10-19/h4-7,13H,3,8-10H2,1-2H3. The molecule has 0 N–H and O–H groups in total. The lowest BCUT2D eigenvalue weighted by Gasteiger charge is -2.36. The molecule has 1 atom stereocenters. The van der Waals surface area contributed by atoms with E-state index in [1.165, 1.54) is 11.3 Å². The van der Waals surface area contributed by atoms with Gasteiger partial charge in [-0.05, 0) is 20.0 Å². The molecule has 6 heteroatoms. The normalized spacial score (nSPS) is 19.6. The molecule has 3 rings (SSSR count). The van der Waals surface area contributed by atoms with E-state index >= 15 is 0 Å². The van der Waals surface area contributed by atoms with E-state index in [1.54, 1.807) is 18.9 Å². The monoisotopic (exact) mass is 322 g/mol. The van der Waals surface area contributed by atoms with Gasteiger partial charge < -0.3 is 9.64 Å². The summed E-state index contributed by atoms with van der Waals surface area (Å²) in [6, 6.07) is 7.85. The molecule has 1 fully saturated rings. The van der Waals surface area contributed by atoms with Gasteiger partial charge in [0, 0.05) is 23.2 Å². The number of halogens is 1. The average molecular weight is 322 g/mol. The first-order valence-corrected chi connectivity index (χ1v) is 8.21. The summed E-state index contributed by atoms with van der Waals surface area (Å²) in [5.41, 5.74) is 0.815. The van der Waals surface area contributed by atoms with Crippen molar-refractivity contribution >= 4 is 33.1 Å². The predicted octanol–water partition coefficient (Wildman–Crippen LogP) is 3.13. The number of ether oxygens (including phenoxy) is 1. The van der Waals surface area contributed by atoms with Crippen LogP contribution in [0.25, 0.3) is 10.1 Å². The summed E-state index contributed by atoms with van der Waals surface area (Å²) in [6.07, 6.45) is -1.03. The number of hydrogen-bond donors (Lipinski definition) is 0. The number of nitrogens with zero attached hydrogens (tertiary/aromatic N) is 2. The molecule has 0 radical (unpaired) electrons. The summed E-state index contributed by atoms with van der Waals surface area (Å²) >= 11 is 1.42. The van der Waals surface area contributed by atoms with Crippen LogP contribution < -0.4 is 4.90 Å². The first kappa shape index (κ1) is 15.2. The van der Waals surface area contributed by atoms with Crippen molar-refractivity contribution in [3.63, 3.8) is 0 Å². The number of alkyl halides is 1. The predicted molar refractivity (Wildman–Crippen MR) is 87.5 cm³/mol. The van der Waals surface area contributed by atoms with Crippen molar-refractivity contribution in [1.29, 1.82) is 0 Å². The Morgan fingerprint density at radius 1 is 1.41 bits per heavy atom. The van der Waals surface area contributed by atoms with E-state index in [2.05, 4.69) is 0 Å². The van der Waals surface area contributed by atoms with Crippen LogP contribution in [0.4, 0.5) is 10.1 Å². The Balaban J connectivity index is 2.06. The molecular formula is C16H19FN2O2S. The molecule has 1 aliphatic rings. The number of piperazine rings is 1. The zero-order chi connectivity index (χ0) is 15.7. The molecule has 118 valence electrons. The summed E-state index contributed by atoms with van der Waals surface area (Å²) in [5, 5.41) is 0.993. The summed E-state index contributed by atoms with van der Waals surface area (Å²) in [6.45, 7) is 3.72. The number of rotatable bonds is 3. The Labute approximate surface area is 133 Å². The quantitative estimate of drug-likeness (QED) is 0.642. The molecule has 0 spiro atoms. The molecule has 1 saturated heterocycles. The van der Waals surface area contributed by atoms with E-state index in [0.29, 0.717) is 24.6 Å². The highest BCUT2D eigenvalue weighted by atomic mass is 32.1. The minimum absolute atomic E-state index is 0.267. The average Bonchev–Trinajstić information content (AvgIpc) is 2.90. The lowest BCUT2D eigenvalue weighted by atomic mass is 10.1. The minimum Gasteiger partial charge on any atom is -0.462 e. The van der Waals surface area contributed by atoms with Gasteiger partial charge in [0.2, 0.25) is 0 Å². The fourth-order valence-electron chi connectivity index (χ4n) is 2.71. The van der Waals surface area contributed by atoms with Crippen LogP contribution in [0.15, 0.2) is 24.3 Å². The molecule has 1 aliphatic heterocycles. The molecule has 1 aromatic heterocycles. The number of thiophene rings is 1. The molecule has 4 nitrogen and oxygen atoms in total. The van der Waals surface area contributed by atoms with Gasteiger partial charge in [-0.25, -0.2) is 9.18 Å². The number of esters is 1. The maximum atomic E-state index is 14.1. The maximum Gasteiger partial charge on any atom is 0.350 e. The first-order valence-electron chi connectivity index (χ1n) is 7.39. The lowest BCUT2D eigenvalue weighted by molar-refractivity contribution is 0.0531. The smallest absolute Gasteiger partial charge is 0.350 e.